The number of anilines is 1. The van der Waals surface area contributed by atoms with E-state index in [-0.39, 0.29) is 5.97 Å². The van der Waals surface area contributed by atoms with Crippen LogP contribution in [0.5, 0.6) is 0 Å². The minimum absolute atomic E-state index is 0.351. The molecule has 19 heavy (non-hydrogen) atoms. The van der Waals surface area contributed by atoms with Gasteiger partial charge in [-0.2, -0.15) is 4.98 Å². The van der Waals surface area contributed by atoms with Crippen molar-refractivity contribution in [2.75, 3.05) is 19.5 Å². The molecule has 0 aliphatic heterocycles. The highest BCUT2D eigenvalue weighted by atomic mass is 32.1. The van der Waals surface area contributed by atoms with Crippen LogP contribution in [0.4, 0.5) is 5.95 Å². The summed E-state index contributed by atoms with van der Waals surface area (Å²) >= 11 is 6.64. The van der Waals surface area contributed by atoms with Gasteiger partial charge in [0.2, 0.25) is 10.7 Å². The SMILES string of the molecule is CNc1ncn(Cc2sccc2C(=O)OC)c(=S)n1. The highest BCUT2D eigenvalue weighted by Crippen LogP contribution is 2.19. The molecule has 0 aromatic carbocycles. The van der Waals surface area contributed by atoms with Gasteiger partial charge in [-0.3, -0.25) is 0 Å². The Morgan fingerprint density at radius 2 is 2.42 bits per heavy atom. The first kappa shape index (κ1) is 13.6. The van der Waals surface area contributed by atoms with Gasteiger partial charge in [-0.25, -0.2) is 9.78 Å². The van der Waals surface area contributed by atoms with E-state index in [0.717, 1.165) is 4.88 Å². The molecular formula is C11H12N4O2S2. The van der Waals surface area contributed by atoms with Gasteiger partial charge in [-0.05, 0) is 23.7 Å². The van der Waals surface area contributed by atoms with Crippen molar-refractivity contribution in [1.29, 1.82) is 0 Å². The maximum atomic E-state index is 11.6. The first-order valence-corrected chi connectivity index (χ1v) is 6.70. The second-order valence-electron chi connectivity index (χ2n) is 3.59. The molecule has 8 heteroatoms. The summed E-state index contributed by atoms with van der Waals surface area (Å²) in [6.07, 6.45) is 1.60. The minimum atomic E-state index is -0.351. The third-order valence-electron chi connectivity index (χ3n) is 2.45. The Morgan fingerprint density at radius 3 is 3.05 bits per heavy atom. The fourth-order valence-electron chi connectivity index (χ4n) is 1.50. The predicted molar refractivity (Wildman–Crippen MR) is 75.2 cm³/mol. The van der Waals surface area contributed by atoms with Crippen LogP contribution in [0.2, 0.25) is 0 Å². The molecule has 0 bridgehead atoms. The fourth-order valence-corrected chi connectivity index (χ4v) is 2.55. The smallest absolute Gasteiger partial charge is 0.339 e. The van der Waals surface area contributed by atoms with Crippen LogP contribution in [-0.4, -0.2) is 34.7 Å². The van der Waals surface area contributed by atoms with Gasteiger partial charge in [0.25, 0.3) is 0 Å². The maximum Gasteiger partial charge on any atom is 0.339 e. The Bertz CT molecular complexity index is 650. The lowest BCUT2D eigenvalue weighted by Gasteiger charge is -2.07. The van der Waals surface area contributed by atoms with Crippen molar-refractivity contribution in [1.82, 2.24) is 14.5 Å². The van der Waals surface area contributed by atoms with Gasteiger partial charge < -0.3 is 14.6 Å². The quantitative estimate of drug-likeness (QED) is 0.687. The van der Waals surface area contributed by atoms with Gasteiger partial charge in [-0.1, -0.05) is 0 Å². The third-order valence-corrected chi connectivity index (χ3v) is 3.69. The molecule has 2 rings (SSSR count). The molecule has 0 unspecified atom stereocenters. The Morgan fingerprint density at radius 1 is 1.63 bits per heavy atom. The summed E-state index contributed by atoms with van der Waals surface area (Å²) in [5, 5.41) is 4.66. The molecule has 6 nitrogen and oxygen atoms in total. The van der Waals surface area contributed by atoms with Crippen molar-refractivity contribution in [2.45, 2.75) is 6.54 Å². The van der Waals surface area contributed by atoms with Gasteiger partial charge in [0.1, 0.15) is 6.33 Å². The second-order valence-corrected chi connectivity index (χ2v) is 4.96. The highest BCUT2D eigenvalue weighted by Gasteiger charge is 2.13. The van der Waals surface area contributed by atoms with Crippen LogP contribution in [0.25, 0.3) is 0 Å². The number of hydrogen-bond donors (Lipinski definition) is 1. The van der Waals surface area contributed by atoms with Gasteiger partial charge in [0.15, 0.2) is 0 Å². The number of ether oxygens (including phenoxy) is 1. The molecule has 0 fully saturated rings. The lowest BCUT2D eigenvalue weighted by Crippen LogP contribution is -2.09. The topological polar surface area (TPSA) is 69.0 Å². The van der Waals surface area contributed by atoms with E-state index in [0.29, 0.717) is 22.8 Å². The first-order valence-electron chi connectivity index (χ1n) is 5.41. The molecule has 0 atom stereocenters. The van der Waals surface area contributed by atoms with Crippen molar-refractivity contribution in [3.05, 3.63) is 33.0 Å². The largest absolute Gasteiger partial charge is 0.465 e. The molecule has 1 N–H and O–H groups in total. The molecule has 2 aromatic heterocycles. The Balaban J connectivity index is 2.29. The maximum absolute atomic E-state index is 11.6. The molecule has 0 spiro atoms. The number of nitrogens with one attached hydrogen (secondary N) is 1. The Labute approximate surface area is 119 Å². The van der Waals surface area contributed by atoms with E-state index in [1.165, 1.54) is 18.4 Å². The van der Waals surface area contributed by atoms with Gasteiger partial charge >= 0.3 is 5.97 Å². The predicted octanol–water partition coefficient (Wildman–Crippen LogP) is 1.95. The molecule has 0 saturated carbocycles. The van der Waals surface area contributed by atoms with Crippen LogP contribution in [0, 0.1) is 4.77 Å². The van der Waals surface area contributed by atoms with Gasteiger partial charge in [-0.15, -0.1) is 11.3 Å². The molecule has 0 aliphatic rings. The van der Waals surface area contributed by atoms with Crippen LogP contribution in [-0.2, 0) is 11.3 Å². The number of rotatable bonds is 4. The number of nitrogens with zero attached hydrogens (tertiary/aromatic N) is 3. The van der Waals surface area contributed by atoms with Crippen LogP contribution in [0.1, 0.15) is 15.2 Å². The summed E-state index contributed by atoms with van der Waals surface area (Å²) < 4.78 is 6.84. The van der Waals surface area contributed by atoms with Crippen LogP contribution in [0.3, 0.4) is 0 Å². The van der Waals surface area contributed by atoms with E-state index in [1.54, 1.807) is 24.0 Å². The molecule has 2 aromatic rings. The summed E-state index contributed by atoms with van der Waals surface area (Å²) in [6, 6.07) is 1.73. The average Bonchev–Trinajstić information content (AvgIpc) is 2.88. The lowest BCUT2D eigenvalue weighted by atomic mass is 10.2. The number of aromatic nitrogens is 3. The van der Waals surface area contributed by atoms with E-state index in [2.05, 4.69) is 15.3 Å². The van der Waals surface area contributed by atoms with Crippen molar-refractivity contribution in [3.8, 4) is 0 Å². The van der Waals surface area contributed by atoms with Crippen molar-refractivity contribution < 1.29 is 9.53 Å². The Kier molecular flexibility index (Phi) is 4.23. The minimum Gasteiger partial charge on any atom is -0.465 e. The Hall–Kier alpha value is -1.80. The van der Waals surface area contributed by atoms with Gasteiger partial charge in [0, 0.05) is 11.9 Å². The number of carbonyl (C=O) groups excluding carboxylic acids is 1. The number of carbonyl (C=O) groups is 1. The summed E-state index contributed by atoms with van der Waals surface area (Å²) in [6.45, 7) is 0.449. The number of methoxy groups -OCH3 is 1. The molecule has 0 amide bonds. The monoisotopic (exact) mass is 296 g/mol. The normalized spacial score (nSPS) is 10.2. The van der Waals surface area contributed by atoms with E-state index in [4.69, 9.17) is 17.0 Å². The van der Waals surface area contributed by atoms with E-state index in [9.17, 15) is 4.79 Å². The molecule has 2 heterocycles. The van der Waals surface area contributed by atoms with Crippen molar-refractivity contribution in [3.63, 3.8) is 0 Å². The number of thiophene rings is 1. The van der Waals surface area contributed by atoms with Gasteiger partial charge in [0.05, 0.1) is 19.2 Å². The highest BCUT2D eigenvalue weighted by molar-refractivity contribution is 7.71. The number of hydrogen-bond acceptors (Lipinski definition) is 7. The summed E-state index contributed by atoms with van der Waals surface area (Å²) in [7, 11) is 3.09. The van der Waals surface area contributed by atoms with Crippen LogP contribution in [0.15, 0.2) is 17.8 Å². The van der Waals surface area contributed by atoms with E-state index in [1.807, 2.05) is 5.38 Å². The van der Waals surface area contributed by atoms with E-state index < -0.39 is 0 Å². The average molecular weight is 296 g/mol. The van der Waals surface area contributed by atoms with E-state index >= 15 is 0 Å². The third kappa shape index (κ3) is 2.96. The van der Waals surface area contributed by atoms with Crippen LogP contribution < -0.4 is 5.32 Å². The fraction of sp³-hybridized carbons (Fsp3) is 0.273. The first-order chi connectivity index (χ1) is 9.15. The zero-order chi connectivity index (χ0) is 13.8. The molecule has 100 valence electrons. The zero-order valence-electron chi connectivity index (χ0n) is 10.4. The van der Waals surface area contributed by atoms with Crippen molar-refractivity contribution in [2.24, 2.45) is 0 Å². The molecule has 0 saturated heterocycles. The lowest BCUT2D eigenvalue weighted by molar-refractivity contribution is 0.0600. The summed E-state index contributed by atoms with van der Waals surface area (Å²) in [4.78, 5) is 20.7. The number of esters is 1. The molecular weight excluding hydrogens is 284 g/mol. The standard InChI is InChI=1S/C11H12N4O2S2/c1-12-10-13-6-15(11(18)14-10)5-8-7(3-4-19-8)9(16)17-2/h3-4,6H,5H2,1-2H3,(H,12,14,18). The summed E-state index contributed by atoms with van der Waals surface area (Å²) in [5.41, 5.74) is 0.548. The molecule has 0 aliphatic carbocycles. The summed E-state index contributed by atoms with van der Waals surface area (Å²) in [5.74, 6) is 0.121. The van der Waals surface area contributed by atoms with Crippen molar-refractivity contribution >= 4 is 35.5 Å². The van der Waals surface area contributed by atoms with Crippen LogP contribution >= 0.6 is 23.6 Å². The molecule has 0 radical (unpaired) electrons. The zero-order valence-corrected chi connectivity index (χ0v) is 12.0. The second kappa shape index (κ2) is 5.89.